The van der Waals surface area contributed by atoms with Crippen molar-refractivity contribution in [2.45, 2.75) is 19.9 Å². The van der Waals surface area contributed by atoms with Gasteiger partial charge >= 0.3 is 5.63 Å². The molecule has 1 aliphatic heterocycles. The van der Waals surface area contributed by atoms with Gasteiger partial charge in [-0.05, 0) is 29.5 Å². The van der Waals surface area contributed by atoms with Crippen molar-refractivity contribution in [2.75, 3.05) is 26.3 Å². The van der Waals surface area contributed by atoms with Gasteiger partial charge in [-0.15, -0.1) is 0 Å². The molecule has 2 N–H and O–H groups in total. The molecule has 5 nitrogen and oxygen atoms in total. The molecule has 0 bridgehead atoms. The number of nitrogens with one attached hydrogen (secondary N) is 1. The molecule has 1 saturated heterocycles. The van der Waals surface area contributed by atoms with Gasteiger partial charge in [-0.3, -0.25) is 0 Å². The van der Waals surface area contributed by atoms with Crippen molar-refractivity contribution in [3.8, 4) is 5.75 Å². The fourth-order valence-electron chi connectivity index (χ4n) is 3.65. The number of fused-ring (bicyclic) bond motifs is 3. The van der Waals surface area contributed by atoms with Gasteiger partial charge in [0.2, 0.25) is 0 Å². The third-order valence-electron chi connectivity index (χ3n) is 5.07. The zero-order valence-corrected chi connectivity index (χ0v) is 14.3. The average Bonchev–Trinajstić information content (AvgIpc) is 2.65. The minimum Gasteiger partial charge on any atom is -0.507 e. The number of hydrogen-bond acceptors (Lipinski definition) is 4. The molecule has 1 fully saturated rings. The maximum Gasteiger partial charge on any atom is 0.344 e. The molecule has 0 atom stereocenters. The third kappa shape index (κ3) is 2.79. The number of ether oxygens (including phenoxy) is 1. The molecule has 3 aromatic rings. The van der Waals surface area contributed by atoms with Crippen molar-refractivity contribution >= 4 is 21.7 Å². The smallest absolute Gasteiger partial charge is 0.344 e. The Labute approximate surface area is 145 Å². The van der Waals surface area contributed by atoms with E-state index in [1.54, 1.807) is 6.07 Å². The van der Waals surface area contributed by atoms with Crippen LogP contribution in [-0.2, 0) is 17.7 Å². The Bertz CT molecular complexity index is 986. The highest BCUT2D eigenvalue weighted by atomic mass is 16.5. The molecule has 5 heteroatoms. The van der Waals surface area contributed by atoms with Gasteiger partial charge < -0.3 is 19.2 Å². The van der Waals surface area contributed by atoms with E-state index in [4.69, 9.17) is 9.15 Å². The Hall–Kier alpha value is -2.37. The zero-order chi connectivity index (χ0) is 17.4. The van der Waals surface area contributed by atoms with E-state index < -0.39 is 0 Å². The Morgan fingerprint density at radius 1 is 1.12 bits per heavy atom. The van der Waals surface area contributed by atoms with Gasteiger partial charge in [-0.1, -0.05) is 25.1 Å². The van der Waals surface area contributed by atoms with Gasteiger partial charge in [-0.2, -0.15) is 0 Å². The molecule has 25 heavy (non-hydrogen) atoms. The molecule has 0 saturated carbocycles. The van der Waals surface area contributed by atoms with Crippen LogP contribution in [0.15, 0.2) is 39.5 Å². The molecule has 0 spiro atoms. The SMILES string of the molecule is CCc1cc2c(oc(=O)c3ccccc32)c(C[NH+]2CCOCC2)c1O. The van der Waals surface area contributed by atoms with Crippen LogP contribution in [-0.4, -0.2) is 31.4 Å². The number of benzene rings is 2. The zero-order valence-electron chi connectivity index (χ0n) is 14.3. The summed E-state index contributed by atoms with van der Waals surface area (Å²) in [5.41, 5.74) is 1.77. The van der Waals surface area contributed by atoms with Crippen LogP contribution in [0.3, 0.4) is 0 Å². The summed E-state index contributed by atoms with van der Waals surface area (Å²) in [5.74, 6) is 0.257. The van der Waals surface area contributed by atoms with Crippen molar-refractivity contribution in [1.82, 2.24) is 0 Å². The summed E-state index contributed by atoms with van der Waals surface area (Å²) in [4.78, 5) is 13.8. The van der Waals surface area contributed by atoms with E-state index in [0.29, 0.717) is 30.7 Å². The molecule has 2 heterocycles. The predicted octanol–water partition coefficient (Wildman–Crippen LogP) is 1.63. The third-order valence-corrected chi connectivity index (χ3v) is 5.07. The van der Waals surface area contributed by atoms with Gasteiger partial charge in [0.25, 0.3) is 0 Å². The number of aromatic hydroxyl groups is 1. The van der Waals surface area contributed by atoms with Gasteiger partial charge in [0, 0.05) is 5.39 Å². The molecule has 4 rings (SSSR count). The van der Waals surface area contributed by atoms with Crippen LogP contribution in [0.2, 0.25) is 0 Å². The fourth-order valence-corrected chi connectivity index (χ4v) is 3.65. The molecule has 0 radical (unpaired) electrons. The van der Waals surface area contributed by atoms with E-state index in [2.05, 4.69) is 0 Å². The van der Waals surface area contributed by atoms with Crippen molar-refractivity contribution in [1.29, 1.82) is 0 Å². The van der Waals surface area contributed by atoms with E-state index >= 15 is 0 Å². The second-order valence-corrected chi connectivity index (χ2v) is 6.57. The largest absolute Gasteiger partial charge is 0.507 e. The first kappa shape index (κ1) is 16.1. The molecule has 130 valence electrons. The highest BCUT2D eigenvalue weighted by Gasteiger charge is 2.23. The summed E-state index contributed by atoms with van der Waals surface area (Å²) in [6.07, 6.45) is 0.723. The van der Waals surface area contributed by atoms with Gasteiger partial charge in [0.15, 0.2) is 5.58 Å². The average molecular weight is 340 g/mol. The molecule has 1 aromatic heterocycles. The quantitative estimate of drug-likeness (QED) is 0.562. The number of phenols is 1. The minimum atomic E-state index is -0.357. The molecule has 0 aliphatic carbocycles. The molecular weight excluding hydrogens is 318 g/mol. The number of rotatable bonds is 3. The molecule has 1 aliphatic rings. The van der Waals surface area contributed by atoms with Gasteiger partial charge in [0.1, 0.15) is 25.4 Å². The van der Waals surface area contributed by atoms with Crippen LogP contribution in [0.5, 0.6) is 5.75 Å². The molecule has 2 aromatic carbocycles. The second-order valence-electron chi connectivity index (χ2n) is 6.57. The van der Waals surface area contributed by atoms with E-state index in [-0.39, 0.29) is 11.4 Å². The maximum absolute atomic E-state index is 12.4. The molecule has 0 unspecified atom stereocenters. The first-order valence-electron chi connectivity index (χ1n) is 8.79. The lowest BCUT2D eigenvalue weighted by Crippen LogP contribution is -3.12. The molecular formula is C20H22NO4+. The van der Waals surface area contributed by atoms with Crippen molar-refractivity contribution in [2.24, 2.45) is 0 Å². The van der Waals surface area contributed by atoms with Crippen LogP contribution in [0, 0.1) is 0 Å². The van der Waals surface area contributed by atoms with Crippen molar-refractivity contribution in [3.63, 3.8) is 0 Å². The Morgan fingerprint density at radius 3 is 2.56 bits per heavy atom. The van der Waals surface area contributed by atoms with E-state index in [1.807, 2.05) is 31.2 Å². The Kier molecular flexibility index (Phi) is 4.19. The number of hydrogen-bond donors (Lipinski definition) is 2. The summed E-state index contributed by atoms with van der Waals surface area (Å²) < 4.78 is 11.1. The summed E-state index contributed by atoms with van der Waals surface area (Å²) in [6.45, 7) is 5.85. The second kappa shape index (κ2) is 6.50. The lowest BCUT2D eigenvalue weighted by Gasteiger charge is -2.24. The van der Waals surface area contributed by atoms with Crippen LogP contribution < -0.4 is 10.5 Å². The highest BCUT2D eigenvalue weighted by molar-refractivity contribution is 6.06. The van der Waals surface area contributed by atoms with Crippen molar-refractivity contribution in [3.05, 3.63) is 51.9 Å². The standard InChI is InChI=1S/C20H21NO4/c1-2-13-11-16-14-5-3-4-6-15(14)20(23)25-19(16)17(18(13)22)12-21-7-9-24-10-8-21/h3-6,11,22H,2,7-10,12H2,1H3/p+1. The lowest BCUT2D eigenvalue weighted by molar-refractivity contribution is -0.921. The first-order chi connectivity index (χ1) is 12.2. The Balaban J connectivity index is 1.98. The predicted molar refractivity (Wildman–Crippen MR) is 96.3 cm³/mol. The van der Waals surface area contributed by atoms with E-state index in [1.165, 1.54) is 4.90 Å². The van der Waals surface area contributed by atoms with Crippen LogP contribution in [0.1, 0.15) is 18.1 Å². The van der Waals surface area contributed by atoms with Crippen LogP contribution in [0.4, 0.5) is 0 Å². The topological polar surface area (TPSA) is 64.1 Å². The Morgan fingerprint density at radius 2 is 1.84 bits per heavy atom. The summed E-state index contributed by atoms with van der Waals surface area (Å²) >= 11 is 0. The molecule has 0 amide bonds. The highest BCUT2D eigenvalue weighted by Crippen LogP contribution is 2.34. The summed E-state index contributed by atoms with van der Waals surface area (Å²) in [7, 11) is 0. The lowest BCUT2D eigenvalue weighted by atomic mass is 9.98. The van der Waals surface area contributed by atoms with Gasteiger partial charge in [-0.25, -0.2) is 4.79 Å². The van der Waals surface area contributed by atoms with Crippen molar-refractivity contribution < 1.29 is 19.2 Å². The number of phenolic OH excluding ortho intramolecular Hbond substituents is 1. The fraction of sp³-hybridized carbons (Fsp3) is 0.350. The maximum atomic E-state index is 12.4. The number of aryl methyl sites for hydroxylation is 1. The minimum absolute atomic E-state index is 0.257. The first-order valence-corrected chi connectivity index (χ1v) is 8.79. The van der Waals surface area contributed by atoms with Gasteiger partial charge in [0.05, 0.1) is 24.2 Å². The van der Waals surface area contributed by atoms with Crippen LogP contribution in [0.25, 0.3) is 21.7 Å². The van der Waals surface area contributed by atoms with E-state index in [9.17, 15) is 9.90 Å². The monoisotopic (exact) mass is 340 g/mol. The number of morpholine rings is 1. The normalized spacial score (nSPS) is 15.9. The summed E-state index contributed by atoms with van der Waals surface area (Å²) in [6, 6.07) is 9.44. The van der Waals surface area contributed by atoms with E-state index in [0.717, 1.165) is 41.4 Å². The number of quaternary nitrogens is 1. The van der Waals surface area contributed by atoms with Crippen LogP contribution >= 0.6 is 0 Å². The summed E-state index contributed by atoms with van der Waals surface area (Å²) in [5, 5.41) is 13.1.